The zero-order valence-electron chi connectivity index (χ0n) is 11.7. The third-order valence-electron chi connectivity index (χ3n) is 3.46. The summed E-state index contributed by atoms with van der Waals surface area (Å²) in [6, 6.07) is 6.27. The summed E-state index contributed by atoms with van der Waals surface area (Å²) in [5.74, 6) is 0.789. The molecule has 2 N–H and O–H groups in total. The van der Waals surface area contributed by atoms with Crippen molar-refractivity contribution in [2.75, 3.05) is 19.7 Å². The molecule has 0 unspecified atom stereocenters. The van der Waals surface area contributed by atoms with Crippen LogP contribution in [0.25, 0.3) is 0 Å². The molecule has 1 aromatic rings. The Balaban J connectivity index is 1.83. The van der Waals surface area contributed by atoms with Crippen LogP contribution in [0.1, 0.15) is 24.0 Å². The second-order valence-electron chi connectivity index (χ2n) is 5.10. The molecular weight excluding hydrogens is 240 g/mol. The summed E-state index contributed by atoms with van der Waals surface area (Å²) in [5, 5.41) is 6.30. The molecule has 0 saturated carbocycles. The quantitative estimate of drug-likeness (QED) is 0.865. The maximum atomic E-state index is 11.9. The van der Waals surface area contributed by atoms with Gasteiger partial charge < -0.3 is 15.4 Å². The Bertz CT molecular complexity index is 420. The van der Waals surface area contributed by atoms with Crippen LogP contribution in [-0.4, -0.2) is 31.6 Å². The number of ether oxygens (including phenoxy) is 1. The molecule has 19 heavy (non-hydrogen) atoms. The maximum Gasteiger partial charge on any atom is 0.258 e. The average molecular weight is 262 g/mol. The van der Waals surface area contributed by atoms with Crippen molar-refractivity contribution in [2.45, 2.75) is 32.7 Å². The Morgan fingerprint density at radius 2 is 1.95 bits per heavy atom. The molecule has 1 heterocycles. The van der Waals surface area contributed by atoms with Gasteiger partial charge in [0, 0.05) is 6.04 Å². The Morgan fingerprint density at radius 1 is 1.32 bits per heavy atom. The number of carbonyl (C=O) groups is 1. The van der Waals surface area contributed by atoms with Crippen LogP contribution >= 0.6 is 0 Å². The van der Waals surface area contributed by atoms with Crippen molar-refractivity contribution in [3.8, 4) is 5.75 Å². The molecule has 0 aliphatic carbocycles. The molecule has 1 aliphatic rings. The van der Waals surface area contributed by atoms with Gasteiger partial charge in [0.2, 0.25) is 0 Å². The van der Waals surface area contributed by atoms with E-state index in [-0.39, 0.29) is 18.6 Å². The number of benzene rings is 1. The molecule has 0 bridgehead atoms. The Hall–Kier alpha value is -1.55. The zero-order valence-corrected chi connectivity index (χ0v) is 11.7. The Morgan fingerprint density at radius 3 is 2.58 bits per heavy atom. The van der Waals surface area contributed by atoms with E-state index in [1.165, 1.54) is 0 Å². The van der Waals surface area contributed by atoms with Crippen LogP contribution in [0.5, 0.6) is 5.75 Å². The topological polar surface area (TPSA) is 50.4 Å². The van der Waals surface area contributed by atoms with Gasteiger partial charge in [-0.2, -0.15) is 0 Å². The minimum absolute atomic E-state index is 0.0328. The third kappa shape index (κ3) is 3.96. The lowest BCUT2D eigenvalue weighted by Gasteiger charge is -2.23. The van der Waals surface area contributed by atoms with Gasteiger partial charge in [0.05, 0.1) is 0 Å². The molecule has 1 aliphatic heterocycles. The molecule has 0 aromatic heterocycles. The highest BCUT2D eigenvalue weighted by molar-refractivity contribution is 5.78. The number of para-hydroxylation sites is 1. The summed E-state index contributed by atoms with van der Waals surface area (Å²) in [5.41, 5.74) is 2.13. The number of amides is 1. The van der Waals surface area contributed by atoms with E-state index in [1.54, 1.807) is 0 Å². The van der Waals surface area contributed by atoms with Crippen LogP contribution in [0.2, 0.25) is 0 Å². The first-order valence-electron chi connectivity index (χ1n) is 6.86. The lowest BCUT2D eigenvalue weighted by Crippen LogP contribution is -2.44. The fourth-order valence-corrected chi connectivity index (χ4v) is 2.40. The fourth-order valence-electron chi connectivity index (χ4n) is 2.40. The average Bonchev–Trinajstić information content (AvgIpc) is 2.39. The molecule has 1 fully saturated rings. The van der Waals surface area contributed by atoms with E-state index < -0.39 is 0 Å². The van der Waals surface area contributed by atoms with E-state index in [1.807, 2.05) is 32.0 Å². The molecular formula is C15H22N2O2. The molecule has 0 radical (unpaired) electrons. The predicted octanol–water partition coefficient (Wildman–Crippen LogP) is 1.55. The van der Waals surface area contributed by atoms with Gasteiger partial charge in [-0.15, -0.1) is 0 Å². The molecule has 104 valence electrons. The number of piperidine rings is 1. The van der Waals surface area contributed by atoms with Crippen LogP contribution in [0.15, 0.2) is 18.2 Å². The smallest absolute Gasteiger partial charge is 0.258 e. The highest BCUT2D eigenvalue weighted by Gasteiger charge is 2.15. The molecule has 2 rings (SSSR count). The minimum atomic E-state index is -0.0328. The first kappa shape index (κ1) is 13.9. The van der Waals surface area contributed by atoms with Crippen molar-refractivity contribution >= 4 is 5.91 Å². The maximum absolute atomic E-state index is 11.9. The van der Waals surface area contributed by atoms with E-state index in [0.29, 0.717) is 0 Å². The van der Waals surface area contributed by atoms with Gasteiger partial charge in [-0.1, -0.05) is 18.2 Å². The Labute approximate surface area is 114 Å². The van der Waals surface area contributed by atoms with Crippen molar-refractivity contribution in [3.05, 3.63) is 29.3 Å². The number of aryl methyl sites for hydroxylation is 2. The van der Waals surface area contributed by atoms with Crippen molar-refractivity contribution in [1.29, 1.82) is 0 Å². The molecule has 1 amide bonds. The van der Waals surface area contributed by atoms with Gasteiger partial charge in [0.25, 0.3) is 5.91 Å². The number of rotatable bonds is 4. The van der Waals surface area contributed by atoms with Gasteiger partial charge in [-0.3, -0.25) is 4.79 Å². The van der Waals surface area contributed by atoms with Gasteiger partial charge in [-0.25, -0.2) is 0 Å². The monoisotopic (exact) mass is 262 g/mol. The van der Waals surface area contributed by atoms with Crippen molar-refractivity contribution in [1.82, 2.24) is 10.6 Å². The second kappa shape index (κ2) is 6.57. The van der Waals surface area contributed by atoms with Crippen molar-refractivity contribution < 1.29 is 9.53 Å². The molecule has 0 atom stereocenters. The molecule has 1 aromatic carbocycles. The van der Waals surface area contributed by atoms with Crippen LogP contribution in [-0.2, 0) is 4.79 Å². The first-order chi connectivity index (χ1) is 9.16. The van der Waals surface area contributed by atoms with Gasteiger partial charge in [-0.05, 0) is 50.9 Å². The summed E-state index contributed by atoms with van der Waals surface area (Å²) in [4.78, 5) is 11.9. The minimum Gasteiger partial charge on any atom is -0.483 e. The number of nitrogens with one attached hydrogen (secondary N) is 2. The first-order valence-corrected chi connectivity index (χ1v) is 6.86. The highest BCUT2D eigenvalue weighted by atomic mass is 16.5. The van der Waals surface area contributed by atoms with Crippen molar-refractivity contribution in [2.24, 2.45) is 0 Å². The summed E-state index contributed by atoms with van der Waals surface area (Å²) < 4.78 is 5.64. The number of hydrogen-bond acceptors (Lipinski definition) is 3. The lowest BCUT2D eigenvalue weighted by atomic mass is 10.1. The van der Waals surface area contributed by atoms with E-state index in [0.717, 1.165) is 42.8 Å². The van der Waals surface area contributed by atoms with Crippen LogP contribution in [0, 0.1) is 13.8 Å². The predicted molar refractivity (Wildman–Crippen MR) is 75.4 cm³/mol. The molecule has 4 heteroatoms. The standard InChI is InChI=1S/C15H22N2O2/c1-11-4-3-5-12(2)15(11)19-10-14(18)17-13-6-8-16-9-7-13/h3-5,13,16H,6-10H2,1-2H3,(H,17,18). The molecule has 4 nitrogen and oxygen atoms in total. The molecule has 0 spiro atoms. The van der Waals surface area contributed by atoms with E-state index >= 15 is 0 Å². The van der Waals surface area contributed by atoms with Crippen LogP contribution in [0.3, 0.4) is 0 Å². The highest BCUT2D eigenvalue weighted by Crippen LogP contribution is 2.22. The van der Waals surface area contributed by atoms with E-state index in [9.17, 15) is 4.79 Å². The van der Waals surface area contributed by atoms with E-state index in [2.05, 4.69) is 10.6 Å². The normalized spacial score (nSPS) is 16.1. The lowest BCUT2D eigenvalue weighted by molar-refractivity contribution is -0.124. The largest absolute Gasteiger partial charge is 0.483 e. The summed E-state index contributed by atoms with van der Waals surface area (Å²) >= 11 is 0. The zero-order chi connectivity index (χ0) is 13.7. The van der Waals surface area contributed by atoms with E-state index in [4.69, 9.17) is 4.74 Å². The van der Waals surface area contributed by atoms with Gasteiger partial charge in [0.15, 0.2) is 6.61 Å². The van der Waals surface area contributed by atoms with Gasteiger partial charge >= 0.3 is 0 Å². The summed E-state index contributed by atoms with van der Waals surface area (Å²) in [6.45, 7) is 6.03. The molecule has 1 saturated heterocycles. The van der Waals surface area contributed by atoms with Crippen LogP contribution < -0.4 is 15.4 Å². The summed E-state index contributed by atoms with van der Waals surface area (Å²) in [7, 11) is 0. The number of hydrogen-bond donors (Lipinski definition) is 2. The number of carbonyl (C=O) groups excluding carboxylic acids is 1. The van der Waals surface area contributed by atoms with Gasteiger partial charge in [0.1, 0.15) is 5.75 Å². The second-order valence-corrected chi connectivity index (χ2v) is 5.10. The third-order valence-corrected chi connectivity index (χ3v) is 3.46. The fraction of sp³-hybridized carbons (Fsp3) is 0.533. The van der Waals surface area contributed by atoms with Crippen molar-refractivity contribution in [3.63, 3.8) is 0 Å². The Kier molecular flexibility index (Phi) is 4.80. The van der Waals surface area contributed by atoms with Crippen LogP contribution in [0.4, 0.5) is 0 Å². The SMILES string of the molecule is Cc1cccc(C)c1OCC(=O)NC1CCNCC1. The summed E-state index contributed by atoms with van der Waals surface area (Å²) in [6.07, 6.45) is 1.99.